The number of aliphatic hydroxyl groups is 1. The van der Waals surface area contributed by atoms with Crippen molar-refractivity contribution in [3.05, 3.63) is 18.2 Å². The Morgan fingerprint density at radius 3 is 1.07 bits per heavy atom. The number of aliphatic carboxylic acids is 4. The summed E-state index contributed by atoms with van der Waals surface area (Å²) in [6.07, 6.45) is -4.69. The highest BCUT2D eigenvalue weighted by molar-refractivity contribution is 7.80. The number of rotatable bonds is 62. The number of thiol groups is 1. The van der Waals surface area contributed by atoms with E-state index < -0.39 is 297 Å². The molecule has 0 aromatic carbocycles. The van der Waals surface area contributed by atoms with Crippen LogP contribution in [0.25, 0.3) is 0 Å². The Morgan fingerprint density at radius 2 is 0.712 bits per heavy atom. The Bertz CT molecular complexity index is 3890. The second kappa shape index (κ2) is 57.0. The van der Waals surface area contributed by atoms with Crippen LogP contribution in [-0.2, 0) is 102 Å². The normalized spacial score (nSPS) is 14.7. The summed E-state index contributed by atoms with van der Waals surface area (Å²) in [6, 6.07) is -24.9. The van der Waals surface area contributed by atoms with Crippen LogP contribution in [0.1, 0.15) is 171 Å². The van der Waals surface area contributed by atoms with Gasteiger partial charge in [-0.2, -0.15) is 12.6 Å². The van der Waals surface area contributed by atoms with Crippen molar-refractivity contribution in [2.24, 2.45) is 52.3 Å². The number of carbonyl (C=O) groups is 20. The monoisotopic (exact) mass is 1800 g/mol. The molecule has 0 spiro atoms. The number of carbonyl (C=O) groups excluding carboxylic acids is 16. The fourth-order valence-electron chi connectivity index (χ4n) is 11.8. The number of H-pyrrole nitrogens is 1. The molecule has 0 bridgehead atoms. The number of amides is 16. The van der Waals surface area contributed by atoms with Crippen LogP contribution in [0.15, 0.2) is 12.5 Å². The van der Waals surface area contributed by atoms with Gasteiger partial charge in [0.05, 0.1) is 25.4 Å². The van der Waals surface area contributed by atoms with Crippen molar-refractivity contribution < 1.29 is 121 Å². The number of nitrogens with zero attached hydrogens (tertiary/aromatic N) is 1. The highest BCUT2D eigenvalue weighted by Gasteiger charge is 2.40. The van der Waals surface area contributed by atoms with Crippen LogP contribution in [0.3, 0.4) is 0 Å². The van der Waals surface area contributed by atoms with Gasteiger partial charge in [0.2, 0.25) is 94.5 Å². The maximum atomic E-state index is 14.5. The first-order chi connectivity index (χ1) is 58.4. The van der Waals surface area contributed by atoms with E-state index in [0.29, 0.717) is 0 Å². The number of primary amides is 2. The van der Waals surface area contributed by atoms with Crippen molar-refractivity contribution in [2.75, 3.05) is 25.4 Å². The minimum atomic E-state index is -2.14. The molecule has 1 heterocycles. The van der Waals surface area contributed by atoms with E-state index in [9.17, 15) is 116 Å². The third kappa shape index (κ3) is 44.9. The van der Waals surface area contributed by atoms with Crippen LogP contribution in [-0.4, -0.2) is 282 Å². The van der Waals surface area contributed by atoms with Gasteiger partial charge in [0.25, 0.3) is 0 Å². The SMILES string of the molecule is CC(C)C[C@H](NC(=O)[C@H](CCCNC(=N)N)NC(=O)[C@H](CCC(N)=O)NC(=O)[C@@H](N)CS)C(=O)N[C@@H](C)C(=O)N[C@@H](Cc1cnc[nH]1)C(=O)N[C@@H](CC(C)C)C(=O)N[C@@H](CC(=O)O)C(=O)N[C@@H](CO)C(=O)N[C@@H](CCCNC(=N)N)C(=O)N[C@@H](CCC(=O)O)C(=O)N[C@H](C(=O)N[C@@H](CC(C)C)C(=O)N[C@@H](CCC(N)=O)C(=O)N[C@@H](CCC(=O)O)C(=O)O)C(C)C. The number of nitrogens with one attached hydrogen (secondary N) is 19. The van der Waals surface area contributed by atoms with Gasteiger partial charge in [-0.25, -0.2) is 9.78 Å². The average molecular weight is 1800 g/mol. The smallest absolute Gasteiger partial charge is 0.326 e. The lowest BCUT2D eigenvalue weighted by molar-refractivity contribution is -0.144. The predicted molar refractivity (Wildman–Crippen MR) is 446 cm³/mol. The van der Waals surface area contributed by atoms with Gasteiger partial charge >= 0.3 is 23.9 Å². The molecule has 34 N–H and O–H groups in total. The molecule has 15 atom stereocenters. The maximum Gasteiger partial charge on any atom is 0.326 e. The summed E-state index contributed by atoms with van der Waals surface area (Å²) in [5.74, 6) is -26.6. The Morgan fingerprint density at radius 1 is 0.392 bits per heavy atom. The van der Waals surface area contributed by atoms with Crippen molar-refractivity contribution in [1.29, 1.82) is 10.8 Å². The van der Waals surface area contributed by atoms with E-state index in [0.717, 1.165) is 0 Å². The van der Waals surface area contributed by atoms with Crippen LogP contribution >= 0.6 is 12.6 Å². The molecule has 0 saturated heterocycles. The van der Waals surface area contributed by atoms with Crippen LogP contribution < -0.4 is 114 Å². The van der Waals surface area contributed by atoms with Crippen LogP contribution in [0.5, 0.6) is 0 Å². The second-order valence-corrected chi connectivity index (χ2v) is 31.5. The molecule has 0 saturated carbocycles. The van der Waals surface area contributed by atoms with E-state index in [1.807, 2.05) is 0 Å². The minimum Gasteiger partial charge on any atom is -0.481 e. The number of aromatic amines is 1. The number of nitrogens with two attached hydrogens (primary N) is 5. The molecule has 0 fully saturated rings. The third-order valence-electron chi connectivity index (χ3n) is 18.4. The number of hydrogen-bond acceptors (Lipinski definition) is 26. The lowest BCUT2D eigenvalue weighted by Crippen LogP contribution is -2.62. The molecular formula is C74H125N25O25S. The van der Waals surface area contributed by atoms with Gasteiger partial charge in [0, 0.05) is 62.8 Å². The van der Waals surface area contributed by atoms with Crippen LogP contribution in [0.4, 0.5) is 0 Å². The van der Waals surface area contributed by atoms with Gasteiger partial charge in [-0.15, -0.1) is 0 Å². The lowest BCUT2D eigenvalue weighted by atomic mass is 9.98. The fraction of sp³-hybridized carbons (Fsp3) is 0.662. The standard InChI is InChI=1S/C74H125N25O25S/c1-33(2)24-46(94-61(112)41(13-11-23-84-74(80)81)88-62(113)42(14-18-52(76)101)87-59(110)39(75)31-125)65(116)86-37(9)58(109)93-49(27-38-29-82-32-85-38)68(119)95-47(25-34(3)4)67(118)96-50(28-56(107)108)69(120)98-51(30-100)70(121)89-40(12-10-22-83-73(78)79)60(111)90-44(16-20-54(103)104)64(115)99-57(36(7)8)71(122)97-48(26-35(5)6)66(117)91-43(15-19-53(77)102)63(114)92-45(72(123)124)17-21-55(105)106/h29,32-37,39-51,57,100,125H,10-28,30-31,75H2,1-9H3,(H2,76,101)(H2,77,102)(H,82,85)(H,86,116)(H,87,110)(H,88,113)(H,89,121)(H,90,111)(H,91,117)(H,92,114)(H,93,109)(H,94,112)(H,95,119)(H,96,118)(H,97,122)(H,98,120)(H,99,115)(H,103,104)(H,105,106)(H,107,108)(H,123,124)(H4,78,79,83)(H4,80,81,84)/t37-,39-,40-,41-,42-,43-,44-,45-,46-,47-,48-,49-,50-,51-,57-/m0/s1. The van der Waals surface area contributed by atoms with Crippen molar-refractivity contribution in [3.63, 3.8) is 0 Å². The van der Waals surface area contributed by atoms with Gasteiger partial charge in [0.1, 0.15) is 84.6 Å². The first-order valence-electron chi connectivity index (χ1n) is 40.2. The Labute approximate surface area is 725 Å². The van der Waals surface area contributed by atoms with Crippen molar-refractivity contribution in [2.45, 2.75) is 262 Å². The largest absolute Gasteiger partial charge is 0.481 e. The molecule has 702 valence electrons. The molecule has 50 nitrogen and oxygen atoms in total. The number of imidazole rings is 1. The highest BCUT2D eigenvalue weighted by Crippen LogP contribution is 2.16. The van der Waals surface area contributed by atoms with E-state index in [-0.39, 0.29) is 88.2 Å². The van der Waals surface area contributed by atoms with E-state index in [1.54, 1.807) is 41.5 Å². The van der Waals surface area contributed by atoms with Crippen molar-refractivity contribution in [3.8, 4) is 0 Å². The molecule has 1 aromatic rings. The Hall–Kier alpha value is -12.6. The Kier molecular flexibility index (Phi) is 50.3. The first-order valence-corrected chi connectivity index (χ1v) is 40.8. The van der Waals surface area contributed by atoms with E-state index in [1.165, 1.54) is 33.3 Å². The molecule has 0 unspecified atom stereocenters. The molecule has 1 rings (SSSR count). The summed E-state index contributed by atoms with van der Waals surface area (Å²) in [4.78, 5) is 275. The summed E-state index contributed by atoms with van der Waals surface area (Å²) in [5.41, 5.74) is 27.6. The number of aromatic nitrogens is 2. The zero-order valence-corrected chi connectivity index (χ0v) is 72.1. The zero-order valence-electron chi connectivity index (χ0n) is 71.2. The lowest BCUT2D eigenvalue weighted by Gasteiger charge is -2.29. The molecule has 16 amide bonds. The fourth-order valence-corrected chi connectivity index (χ4v) is 12.0. The predicted octanol–water partition coefficient (Wildman–Crippen LogP) is -8.85. The average Bonchev–Trinajstić information content (AvgIpc) is 1.75. The minimum absolute atomic E-state index is 0.0331. The molecular weight excluding hydrogens is 1670 g/mol. The van der Waals surface area contributed by atoms with Crippen molar-refractivity contribution >= 4 is 143 Å². The van der Waals surface area contributed by atoms with E-state index in [4.69, 9.17) is 44.6 Å². The van der Waals surface area contributed by atoms with Gasteiger partial charge in [0.15, 0.2) is 11.9 Å². The number of carboxylic acids is 4. The number of guanidine groups is 2. The van der Waals surface area contributed by atoms with E-state index >= 15 is 0 Å². The quantitative estimate of drug-likeness (QED) is 0.0125. The van der Waals surface area contributed by atoms with E-state index in [2.05, 4.69) is 108 Å². The van der Waals surface area contributed by atoms with Crippen molar-refractivity contribution in [1.82, 2.24) is 95.0 Å². The number of carboxylic acid groups (broad SMARTS) is 4. The summed E-state index contributed by atoms with van der Waals surface area (Å²) >= 11 is 4.01. The first kappa shape index (κ1) is 110. The Balaban J connectivity index is 3.70. The third-order valence-corrected chi connectivity index (χ3v) is 18.8. The van der Waals surface area contributed by atoms with Gasteiger partial charge < -0.3 is 144 Å². The zero-order chi connectivity index (χ0) is 95.2. The molecule has 1 aromatic heterocycles. The summed E-state index contributed by atoms with van der Waals surface area (Å²) in [7, 11) is 0. The molecule has 125 heavy (non-hydrogen) atoms. The second-order valence-electron chi connectivity index (χ2n) is 31.1. The van der Waals surface area contributed by atoms with Gasteiger partial charge in [-0.1, -0.05) is 55.4 Å². The summed E-state index contributed by atoms with van der Waals surface area (Å²) in [5, 5.41) is 103. The summed E-state index contributed by atoms with van der Waals surface area (Å²) in [6.45, 7) is 12.6. The topological polar surface area (TPSA) is 842 Å². The molecule has 0 aliphatic heterocycles. The molecule has 51 heteroatoms. The van der Waals surface area contributed by atoms with Crippen LogP contribution in [0.2, 0.25) is 0 Å². The number of aliphatic hydroxyl groups excluding tert-OH is 1. The van der Waals surface area contributed by atoms with Crippen LogP contribution in [0, 0.1) is 34.5 Å². The number of hydrogen-bond donors (Lipinski definition) is 30. The maximum absolute atomic E-state index is 14.5. The van der Waals surface area contributed by atoms with Gasteiger partial charge in [-0.3, -0.25) is 102 Å². The molecule has 0 aliphatic carbocycles. The highest BCUT2D eigenvalue weighted by atomic mass is 32.1. The summed E-state index contributed by atoms with van der Waals surface area (Å²) < 4.78 is 0. The molecule has 0 radical (unpaired) electrons. The van der Waals surface area contributed by atoms with Gasteiger partial charge in [-0.05, 0) is 101 Å². The molecule has 0 aliphatic rings.